The van der Waals surface area contributed by atoms with E-state index in [-0.39, 0.29) is 18.2 Å². The molecule has 0 radical (unpaired) electrons. The summed E-state index contributed by atoms with van der Waals surface area (Å²) < 4.78 is 1.62. The van der Waals surface area contributed by atoms with Crippen LogP contribution in [0.15, 0.2) is 60.0 Å². The van der Waals surface area contributed by atoms with Gasteiger partial charge in [0, 0.05) is 45.7 Å². The van der Waals surface area contributed by atoms with E-state index in [1.165, 1.54) is 11.3 Å². The molecule has 1 saturated heterocycles. The Morgan fingerprint density at radius 2 is 1.76 bits per heavy atom. The molecule has 1 N–H and O–H groups in total. The molecule has 3 heterocycles. The zero-order valence-corrected chi connectivity index (χ0v) is 20.4. The molecule has 2 aromatic heterocycles. The van der Waals surface area contributed by atoms with Gasteiger partial charge in [0.15, 0.2) is 0 Å². The van der Waals surface area contributed by atoms with Crippen LogP contribution in [0.5, 0.6) is 0 Å². The number of aryl methyl sites for hydroxylation is 1. The number of nitrogens with zero attached hydrogens (tertiary/aromatic N) is 4. The van der Waals surface area contributed by atoms with Gasteiger partial charge in [-0.05, 0) is 43.3 Å². The van der Waals surface area contributed by atoms with E-state index < -0.39 is 5.92 Å². The zero-order chi connectivity index (χ0) is 23.8. The quantitative estimate of drug-likeness (QED) is 0.378. The molecule has 0 saturated carbocycles. The fourth-order valence-electron chi connectivity index (χ4n) is 3.83. The Kier molecular flexibility index (Phi) is 6.12. The molecule has 2 amide bonds. The standard InChI is InChI=1S/C24H19Cl2N5O2S/c1-14-10-21(31(29-14)24-27-20(13-34-24)15-2-4-17(25)5-3-15)28-23(33)16-11-22(32)30(12-16)19-8-6-18(26)7-9-19/h2-10,13,16H,11-12H2,1H3,(H,28,33). The number of halogens is 2. The minimum Gasteiger partial charge on any atom is -0.312 e. The van der Waals surface area contributed by atoms with Crippen LogP contribution in [0.4, 0.5) is 11.5 Å². The maximum atomic E-state index is 13.1. The number of hydrogen-bond donors (Lipinski definition) is 1. The number of aromatic nitrogens is 3. The number of rotatable bonds is 5. The first kappa shape index (κ1) is 22.6. The summed E-state index contributed by atoms with van der Waals surface area (Å²) in [5.74, 6) is -0.301. The van der Waals surface area contributed by atoms with Crippen molar-refractivity contribution >= 4 is 57.9 Å². The average Bonchev–Trinajstić information content (AvgIpc) is 3.53. The number of carbonyl (C=O) groups excluding carboxylic acids is 2. The maximum Gasteiger partial charge on any atom is 0.230 e. The summed E-state index contributed by atoms with van der Waals surface area (Å²) >= 11 is 13.4. The van der Waals surface area contributed by atoms with Crippen molar-refractivity contribution in [3.05, 3.63) is 75.7 Å². The van der Waals surface area contributed by atoms with Gasteiger partial charge >= 0.3 is 0 Å². The van der Waals surface area contributed by atoms with Crippen molar-refractivity contribution in [2.45, 2.75) is 13.3 Å². The molecule has 0 bridgehead atoms. The number of thiazole rings is 1. The number of amides is 2. The lowest BCUT2D eigenvalue weighted by Crippen LogP contribution is -2.28. The second kappa shape index (κ2) is 9.21. The molecule has 7 nitrogen and oxygen atoms in total. The average molecular weight is 512 g/mol. The van der Waals surface area contributed by atoms with Crippen LogP contribution in [-0.2, 0) is 9.59 Å². The van der Waals surface area contributed by atoms with Gasteiger partial charge in [-0.15, -0.1) is 11.3 Å². The van der Waals surface area contributed by atoms with Crippen LogP contribution in [0.25, 0.3) is 16.4 Å². The van der Waals surface area contributed by atoms with Crippen molar-refractivity contribution in [1.29, 1.82) is 0 Å². The Labute approximate surface area is 209 Å². The molecule has 1 fully saturated rings. The molecule has 1 atom stereocenters. The Hall–Kier alpha value is -3.20. The second-order valence-electron chi connectivity index (χ2n) is 7.98. The highest BCUT2D eigenvalue weighted by Crippen LogP contribution is 2.29. The molecule has 10 heteroatoms. The van der Waals surface area contributed by atoms with E-state index in [1.807, 2.05) is 36.6 Å². The van der Waals surface area contributed by atoms with Crippen LogP contribution in [0, 0.1) is 12.8 Å². The van der Waals surface area contributed by atoms with Gasteiger partial charge < -0.3 is 10.2 Å². The molecule has 4 aromatic rings. The molecule has 1 aliphatic heterocycles. The lowest BCUT2D eigenvalue weighted by atomic mass is 10.1. The third-order valence-corrected chi connectivity index (χ3v) is 6.85. The van der Waals surface area contributed by atoms with Crippen molar-refractivity contribution in [2.75, 3.05) is 16.8 Å². The first-order valence-electron chi connectivity index (χ1n) is 10.5. The van der Waals surface area contributed by atoms with Crippen molar-refractivity contribution in [3.8, 4) is 16.4 Å². The maximum absolute atomic E-state index is 13.1. The van der Waals surface area contributed by atoms with Crippen LogP contribution in [0.2, 0.25) is 10.0 Å². The van der Waals surface area contributed by atoms with Gasteiger partial charge in [-0.25, -0.2) is 4.98 Å². The lowest BCUT2D eigenvalue weighted by molar-refractivity contribution is -0.122. The van der Waals surface area contributed by atoms with E-state index in [0.29, 0.717) is 27.5 Å². The molecule has 0 spiro atoms. The van der Waals surface area contributed by atoms with Gasteiger partial charge in [0.2, 0.25) is 16.9 Å². The van der Waals surface area contributed by atoms with Crippen LogP contribution in [0.3, 0.4) is 0 Å². The van der Waals surface area contributed by atoms with Crippen molar-refractivity contribution < 1.29 is 9.59 Å². The van der Waals surface area contributed by atoms with E-state index in [2.05, 4.69) is 15.4 Å². The second-order valence-corrected chi connectivity index (χ2v) is 9.69. The number of nitrogens with one attached hydrogen (secondary N) is 1. The molecule has 172 valence electrons. The van der Waals surface area contributed by atoms with E-state index in [4.69, 9.17) is 23.2 Å². The van der Waals surface area contributed by atoms with E-state index in [1.54, 1.807) is 39.9 Å². The summed E-state index contributed by atoms with van der Waals surface area (Å²) in [4.78, 5) is 31.9. The monoisotopic (exact) mass is 511 g/mol. The van der Waals surface area contributed by atoms with E-state index in [9.17, 15) is 9.59 Å². The summed E-state index contributed by atoms with van der Waals surface area (Å²) in [5, 5.41) is 11.3. The summed E-state index contributed by atoms with van der Waals surface area (Å²) in [6.45, 7) is 2.15. The normalized spacial score (nSPS) is 15.7. The predicted octanol–water partition coefficient (Wildman–Crippen LogP) is 5.60. The van der Waals surface area contributed by atoms with Crippen molar-refractivity contribution in [2.24, 2.45) is 5.92 Å². The summed E-state index contributed by atoms with van der Waals surface area (Å²) in [6, 6.07) is 16.2. The van der Waals surface area contributed by atoms with Crippen LogP contribution >= 0.6 is 34.5 Å². The minimum atomic E-state index is -0.479. The molecule has 5 rings (SSSR count). The van der Waals surface area contributed by atoms with E-state index in [0.717, 1.165) is 22.6 Å². The van der Waals surface area contributed by atoms with Gasteiger partial charge in [0.25, 0.3) is 0 Å². The number of hydrogen-bond acceptors (Lipinski definition) is 5. The van der Waals surface area contributed by atoms with Crippen LogP contribution in [-0.4, -0.2) is 33.1 Å². The fourth-order valence-corrected chi connectivity index (χ4v) is 4.88. The third kappa shape index (κ3) is 4.57. The SMILES string of the molecule is Cc1cc(NC(=O)C2CC(=O)N(c3ccc(Cl)cc3)C2)n(-c2nc(-c3ccc(Cl)cc3)cs2)n1. The smallest absolute Gasteiger partial charge is 0.230 e. The molecule has 2 aromatic carbocycles. The third-order valence-electron chi connectivity index (χ3n) is 5.53. The first-order chi connectivity index (χ1) is 16.4. The fraction of sp³-hybridized carbons (Fsp3) is 0.167. The van der Waals surface area contributed by atoms with E-state index >= 15 is 0 Å². The first-order valence-corrected chi connectivity index (χ1v) is 12.2. The highest BCUT2D eigenvalue weighted by molar-refractivity contribution is 7.12. The van der Waals surface area contributed by atoms with Gasteiger partial charge in [-0.1, -0.05) is 35.3 Å². The molecule has 1 unspecified atom stereocenters. The molecular formula is C24H19Cl2N5O2S. The van der Waals surface area contributed by atoms with Gasteiger partial charge in [-0.2, -0.15) is 9.78 Å². The highest BCUT2D eigenvalue weighted by Gasteiger charge is 2.35. The zero-order valence-electron chi connectivity index (χ0n) is 18.0. The number of anilines is 2. The Balaban J connectivity index is 1.33. The van der Waals surface area contributed by atoms with Crippen molar-refractivity contribution in [1.82, 2.24) is 14.8 Å². The summed E-state index contributed by atoms with van der Waals surface area (Å²) in [6.07, 6.45) is 0.138. The summed E-state index contributed by atoms with van der Waals surface area (Å²) in [5.41, 5.74) is 3.20. The van der Waals surface area contributed by atoms with Gasteiger partial charge in [-0.3, -0.25) is 9.59 Å². The molecule has 0 aliphatic carbocycles. The van der Waals surface area contributed by atoms with Crippen molar-refractivity contribution in [3.63, 3.8) is 0 Å². The summed E-state index contributed by atoms with van der Waals surface area (Å²) in [7, 11) is 0. The predicted molar refractivity (Wildman–Crippen MR) is 135 cm³/mol. The molecule has 1 aliphatic rings. The number of carbonyl (C=O) groups is 2. The topological polar surface area (TPSA) is 80.1 Å². The Morgan fingerprint density at radius 1 is 1.09 bits per heavy atom. The minimum absolute atomic E-state index is 0.0975. The largest absolute Gasteiger partial charge is 0.312 e. The molecule has 34 heavy (non-hydrogen) atoms. The lowest BCUT2D eigenvalue weighted by Gasteiger charge is -2.16. The van der Waals surface area contributed by atoms with Crippen LogP contribution < -0.4 is 10.2 Å². The van der Waals surface area contributed by atoms with Gasteiger partial charge in [0.05, 0.1) is 17.3 Å². The Morgan fingerprint density at radius 3 is 2.47 bits per heavy atom. The molecular weight excluding hydrogens is 493 g/mol. The number of benzene rings is 2. The Bertz CT molecular complexity index is 1370. The van der Waals surface area contributed by atoms with Crippen LogP contribution in [0.1, 0.15) is 12.1 Å². The van der Waals surface area contributed by atoms with Gasteiger partial charge in [0.1, 0.15) is 5.82 Å². The highest BCUT2D eigenvalue weighted by atomic mass is 35.5.